The maximum absolute atomic E-state index is 13.2. The van der Waals surface area contributed by atoms with Crippen molar-refractivity contribution in [2.45, 2.75) is 38.5 Å². The van der Waals surface area contributed by atoms with E-state index in [4.69, 9.17) is 0 Å². The third-order valence-electron chi connectivity index (χ3n) is 5.17. The van der Waals surface area contributed by atoms with Crippen LogP contribution in [0.25, 0.3) is 10.2 Å². The second-order valence-electron chi connectivity index (χ2n) is 7.70. The lowest BCUT2D eigenvalue weighted by Crippen LogP contribution is -2.33. The number of nitrogens with zero attached hydrogens (tertiary/aromatic N) is 3. The van der Waals surface area contributed by atoms with E-state index < -0.39 is 18.6 Å². The van der Waals surface area contributed by atoms with Crippen LogP contribution in [0.1, 0.15) is 44.1 Å². The van der Waals surface area contributed by atoms with Crippen LogP contribution in [0.2, 0.25) is 0 Å². The van der Waals surface area contributed by atoms with Gasteiger partial charge in [-0.3, -0.25) is 14.3 Å². The molecule has 2 aromatic heterocycles. The second kappa shape index (κ2) is 7.99. The van der Waals surface area contributed by atoms with E-state index in [0.717, 1.165) is 34.3 Å². The molecule has 6 nitrogen and oxygen atoms in total. The van der Waals surface area contributed by atoms with E-state index >= 15 is 0 Å². The molecule has 2 heterocycles. The van der Waals surface area contributed by atoms with Crippen molar-refractivity contribution in [2.24, 2.45) is 7.05 Å². The van der Waals surface area contributed by atoms with Crippen molar-refractivity contribution in [1.29, 1.82) is 0 Å². The molecule has 0 unspecified atom stereocenters. The summed E-state index contributed by atoms with van der Waals surface area (Å²) >= 11 is 1.42. The summed E-state index contributed by atoms with van der Waals surface area (Å²) in [6, 6.07) is 8.35. The molecule has 0 bridgehead atoms. The summed E-state index contributed by atoms with van der Waals surface area (Å²) in [5.74, 6) is -0.830. The number of rotatable bonds is 6. The molecule has 1 fully saturated rings. The minimum absolute atomic E-state index is 0.0462. The molecule has 0 spiro atoms. The van der Waals surface area contributed by atoms with Crippen molar-refractivity contribution >= 4 is 33.4 Å². The molecule has 164 valence electrons. The maximum Gasteiger partial charge on any atom is 0.405 e. The van der Waals surface area contributed by atoms with Crippen LogP contribution in [0.5, 0.6) is 0 Å². The average molecular weight is 450 g/mol. The Labute approximate surface area is 180 Å². The van der Waals surface area contributed by atoms with Crippen LogP contribution in [-0.4, -0.2) is 45.3 Å². The van der Waals surface area contributed by atoms with Gasteiger partial charge in [-0.05, 0) is 43.5 Å². The number of aryl methyl sites for hydroxylation is 2. The summed E-state index contributed by atoms with van der Waals surface area (Å²) in [6.07, 6.45) is -2.58. The van der Waals surface area contributed by atoms with Crippen LogP contribution < -0.4 is 5.32 Å². The van der Waals surface area contributed by atoms with E-state index in [1.54, 1.807) is 16.8 Å². The third kappa shape index (κ3) is 4.73. The number of nitrogens with one attached hydrogen (secondary N) is 1. The first-order valence-electron chi connectivity index (χ1n) is 9.80. The van der Waals surface area contributed by atoms with Gasteiger partial charge in [0, 0.05) is 30.6 Å². The number of fused-ring (bicyclic) bond motifs is 1. The maximum atomic E-state index is 13.2. The van der Waals surface area contributed by atoms with Gasteiger partial charge in [0.2, 0.25) is 0 Å². The third-order valence-corrected chi connectivity index (χ3v) is 6.36. The highest BCUT2D eigenvalue weighted by atomic mass is 32.1. The molecule has 2 amide bonds. The summed E-state index contributed by atoms with van der Waals surface area (Å²) in [6.45, 7) is 0.912. The van der Waals surface area contributed by atoms with Crippen LogP contribution >= 0.6 is 11.3 Å². The monoisotopic (exact) mass is 450 g/mol. The van der Waals surface area contributed by atoms with E-state index in [1.165, 1.54) is 23.5 Å². The molecule has 1 aromatic carbocycles. The Balaban J connectivity index is 1.47. The van der Waals surface area contributed by atoms with Gasteiger partial charge in [-0.25, -0.2) is 0 Å². The summed E-state index contributed by atoms with van der Waals surface area (Å²) < 4.78 is 38.6. The zero-order chi connectivity index (χ0) is 22.3. The zero-order valence-corrected chi connectivity index (χ0v) is 17.8. The molecular weight excluding hydrogens is 429 g/mol. The topological polar surface area (TPSA) is 67.2 Å². The standard InChI is InChI=1S/C21H21F3N4O2S/c1-12-16-9-17(31-20(16)27(2)26-12)19(30)28(15-7-8-15)10-13-3-5-14(6-4-13)18(29)25-11-21(22,23)24/h3-6,9,15H,7-8,10-11H2,1-2H3,(H,25,29). The largest absolute Gasteiger partial charge is 0.405 e. The second-order valence-corrected chi connectivity index (χ2v) is 8.73. The van der Waals surface area contributed by atoms with Crippen molar-refractivity contribution in [3.05, 3.63) is 52.0 Å². The number of aromatic nitrogens is 2. The number of alkyl halides is 3. The molecule has 10 heteroatoms. The molecule has 1 aliphatic rings. The van der Waals surface area contributed by atoms with Gasteiger partial charge in [0.05, 0.1) is 10.6 Å². The Bertz CT molecular complexity index is 1100. The Kier molecular flexibility index (Phi) is 5.50. The highest BCUT2D eigenvalue weighted by Gasteiger charge is 2.34. The molecule has 1 saturated carbocycles. The molecule has 3 aromatic rings. The van der Waals surface area contributed by atoms with Gasteiger partial charge in [0.15, 0.2) is 0 Å². The predicted octanol–water partition coefficient (Wildman–Crippen LogP) is 4.04. The first-order chi connectivity index (χ1) is 14.6. The van der Waals surface area contributed by atoms with Gasteiger partial charge >= 0.3 is 6.18 Å². The van der Waals surface area contributed by atoms with E-state index in [-0.39, 0.29) is 17.5 Å². The van der Waals surface area contributed by atoms with Gasteiger partial charge in [0.1, 0.15) is 11.4 Å². The number of amides is 2. The van der Waals surface area contributed by atoms with Crippen molar-refractivity contribution < 1.29 is 22.8 Å². The molecule has 4 rings (SSSR count). The normalized spacial score (nSPS) is 14.1. The predicted molar refractivity (Wildman–Crippen MR) is 111 cm³/mol. The number of hydrogen-bond acceptors (Lipinski definition) is 4. The molecule has 31 heavy (non-hydrogen) atoms. The fourth-order valence-electron chi connectivity index (χ4n) is 3.45. The molecule has 0 saturated heterocycles. The lowest BCUT2D eigenvalue weighted by Gasteiger charge is -2.22. The number of halogens is 3. The van der Waals surface area contributed by atoms with Crippen LogP contribution in [0.4, 0.5) is 13.2 Å². The van der Waals surface area contributed by atoms with Gasteiger partial charge in [0.25, 0.3) is 11.8 Å². The number of benzene rings is 1. The average Bonchev–Trinajstić information content (AvgIpc) is 3.39. The van der Waals surface area contributed by atoms with Gasteiger partial charge < -0.3 is 10.2 Å². The molecule has 1 aliphatic carbocycles. The van der Waals surface area contributed by atoms with Crippen LogP contribution in [0.15, 0.2) is 30.3 Å². The smallest absolute Gasteiger partial charge is 0.343 e. The molecule has 0 radical (unpaired) electrons. The van der Waals surface area contributed by atoms with E-state index in [0.29, 0.717) is 11.4 Å². The van der Waals surface area contributed by atoms with Crippen LogP contribution in [-0.2, 0) is 13.6 Å². The van der Waals surface area contributed by atoms with Crippen molar-refractivity contribution in [1.82, 2.24) is 20.0 Å². The summed E-state index contributed by atoms with van der Waals surface area (Å²) in [7, 11) is 1.85. The number of carbonyl (C=O) groups is 2. The molecule has 1 N–H and O–H groups in total. The fourth-order valence-corrected chi connectivity index (χ4v) is 4.53. The van der Waals surface area contributed by atoms with E-state index in [1.807, 2.05) is 30.3 Å². The minimum atomic E-state index is -4.46. The fraction of sp³-hybridized carbons (Fsp3) is 0.381. The van der Waals surface area contributed by atoms with Gasteiger partial charge in [-0.15, -0.1) is 11.3 Å². The van der Waals surface area contributed by atoms with Crippen molar-refractivity contribution in [3.63, 3.8) is 0 Å². The highest BCUT2D eigenvalue weighted by molar-refractivity contribution is 7.20. The zero-order valence-electron chi connectivity index (χ0n) is 17.0. The van der Waals surface area contributed by atoms with Crippen molar-refractivity contribution in [3.8, 4) is 0 Å². The highest BCUT2D eigenvalue weighted by Crippen LogP contribution is 2.33. The quantitative estimate of drug-likeness (QED) is 0.617. The van der Waals surface area contributed by atoms with Crippen LogP contribution in [0, 0.1) is 6.92 Å². The lowest BCUT2D eigenvalue weighted by molar-refractivity contribution is -0.123. The minimum Gasteiger partial charge on any atom is -0.343 e. The van der Waals surface area contributed by atoms with Crippen LogP contribution in [0.3, 0.4) is 0 Å². The van der Waals surface area contributed by atoms with Gasteiger partial charge in [-0.1, -0.05) is 12.1 Å². The molecular formula is C21H21F3N4O2S. The number of hydrogen-bond donors (Lipinski definition) is 1. The van der Waals surface area contributed by atoms with E-state index in [9.17, 15) is 22.8 Å². The molecule has 0 atom stereocenters. The SMILES string of the molecule is Cc1nn(C)c2sc(C(=O)N(Cc3ccc(C(=O)NCC(F)(F)F)cc3)C3CC3)cc12. The Morgan fingerprint density at radius 2 is 1.94 bits per heavy atom. The first-order valence-corrected chi connectivity index (χ1v) is 10.6. The number of carbonyl (C=O) groups excluding carboxylic acids is 2. The summed E-state index contributed by atoms with van der Waals surface area (Å²) in [4.78, 5) is 28.5. The summed E-state index contributed by atoms with van der Waals surface area (Å²) in [5.41, 5.74) is 1.83. The number of thiophene rings is 1. The Morgan fingerprint density at radius 3 is 2.52 bits per heavy atom. The lowest BCUT2D eigenvalue weighted by atomic mass is 10.1. The summed E-state index contributed by atoms with van der Waals surface area (Å²) in [5, 5.41) is 7.19. The van der Waals surface area contributed by atoms with Crippen molar-refractivity contribution in [2.75, 3.05) is 6.54 Å². The van der Waals surface area contributed by atoms with Gasteiger partial charge in [-0.2, -0.15) is 18.3 Å². The molecule has 0 aliphatic heterocycles. The Morgan fingerprint density at radius 1 is 1.26 bits per heavy atom. The van der Waals surface area contributed by atoms with E-state index in [2.05, 4.69) is 5.10 Å². The first kappa shape index (κ1) is 21.4. The Hall–Kier alpha value is -2.88.